The van der Waals surface area contributed by atoms with Gasteiger partial charge in [-0.15, -0.1) is 24.8 Å². The van der Waals surface area contributed by atoms with Crippen LogP contribution in [0.2, 0.25) is 0 Å². The second-order valence-corrected chi connectivity index (χ2v) is 7.32. The lowest BCUT2D eigenvalue weighted by Gasteiger charge is -2.21. The highest BCUT2D eigenvalue weighted by molar-refractivity contribution is 6.14. The van der Waals surface area contributed by atoms with Gasteiger partial charge in [0.05, 0.1) is 12.1 Å². The van der Waals surface area contributed by atoms with Gasteiger partial charge in [-0.1, -0.05) is 12.1 Å². The largest absolute Gasteiger partial charge is 0.427 e. The molecule has 0 bridgehead atoms. The van der Waals surface area contributed by atoms with Crippen LogP contribution in [-0.2, 0) is 4.79 Å². The van der Waals surface area contributed by atoms with E-state index in [1.54, 1.807) is 37.3 Å². The number of benzene rings is 1. The number of halogens is 2. The molecule has 1 aromatic heterocycles. The lowest BCUT2D eigenvalue weighted by Crippen LogP contribution is -2.28. The highest BCUT2D eigenvalue weighted by Gasteiger charge is 2.23. The van der Waals surface area contributed by atoms with Crippen LogP contribution in [0.25, 0.3) is 0 Å². The van der Waals surface area contributed by atoms with Crippen molar-refractivity contribution in [3.63, 3.8) is 0 Å². The summed E-state index contributed by atoms with van der Waals surface area (Å²) in [6.07, 6.45) is 2.05. The van der Waals surface area contributed by atoms with Crippen molar-refractivity contribution in [2.75, 3.05) is 18.4 Å². The predicted molar refractivity (Wildman–Crippen MR) is 123 cm³/mol. The van der Waals surface area contributed by atoms with Gasteiger partial charge in [0.1, 0.15) is 11.3 Å². The Balaban J connectivity index is 0.00000171. The average molecular weight is 467 g/mol. The molecule has 2 aliphatic rings. The van der Waals surface area contributed by atoms with E-state index in [4.69, 9.17) is 4.42 Å². The first kappa shape index (κ1) is 24.6. The van der Waals surface area contributed by atoms with Crippen molar-refractivity contribution in [1.29, 1.82) is 0 Å². The van der Waals surface area contributed by atoms with Crippen LogP contribution in [-0.4, -0.2) is 30.6 Å². The van der Waals surface area contributed by atoms with Gasteiger partial charge in [-0.25, -0.2) is 10.2 Å². The standard InChI is InChI=1S/C21H22N4O4.2ClH/c1-12-10-17(14-6-8-22-9-7-14)29-21(28)19(12)20(27)23-15-4-2-13(3-5-15)16-11-18(26)25-24-16;;/h2-5,10,14,22H,6-9,11H2,1H3,(H,23,27)(H,25,26);2*1H. The smallest absolute Gasteiger partial charge is 0.349 e. The summed E-state index contributed by atoms with van der Waals surface area (Å²) in [5, 5.41) is 9.98. The lowest BCUT2D eigenvalue weighted by atomic mass is 9.94. The third-order valence-electron chi connectivity index (χ3n) is 5.26. The fourth-order valence-electron chi connectivity index (χ4n) is 3.68. The second-order valence-electron chi connectivity index (χ2n) is 7.32. The van der Waals surface area contributed by atoms with Crippen molar-refractivity contribution >= 4 is 48.0 Å². The zero-order chi connectivity index (χ0) is 20.4. The molecule has 2 aliphatic heterocycles. The number of nitrogens with zero attached hydrogens (tertiary/aromatic N) is 1. The van der Waals surface area contributed by atoms with Crippen LogP contribution in [0.5, 0.6) is 0 Å². The van der Waals surface area contributed by atoms with Crippen molar-refractivity contribution in [2.45, 2.75) is 32.1 Å². The Kier molecular flexibility index (Phi) is 8.38. The van der Waals surface area contributed by atoms with Gasteiger partial charge in [-0.3, -0.25) is 9.59 Å². The van der Waals surface area contributed by atoms with Crippen molar-refractivity contribution in [1.82, 2.24) is 10.7 Å². The number of aryl methyl sites for hydroxylation is 1. The second kappa shape index (κ2) is 10.6. The third kappa shape index (κ3) is 5.52. The summed E-state index contributed by atoms with van der Waals surface area (Å²) in [6, 6.07) is 8.75. The average Bonchev–Trinajstić information content (AvgIpc) is 3.15. The number of hydrogen-bond acceptors (Lipinski definition) is 6. The first-order valence-electron chi connectivity index (χ1n) is 9.64. The number of hydrogen-bond donors (Lipinski definition) is 3. The normalized spacial score (nSPS) is 15.9. The molecule has 31 heavy (non-hydrogen) atoms. The highest BCUT2D eigenvalue weighted by Crippen LogP contribution is 2.25. The van der Waals surface area contributed by atoms with Gasteiger partial charge in [0.25, 0.3) is 5.91 Å². The Morgan fingerprint density at radius 1 is 1.13 bits per heavy atom. The molecule has 3 N–H and O–H groups in total. The predicted octanol–water partition coefficient (Wildman–Crippen LogP) is 2.74. The molecule has 0 saturated carbocycles. The van der Waals surface area contributed by atoms with E-state index in [9.17, 15) is 14.4 Å². The van der Waals surface area contributed by atoms with E-state index >= 15 is 0 Å². The van der Waals surface area contributed by atoms with Crippen LogP contribution in [0.3, 0.4) is 0 Å². The fourth-order valence-corrected chi connectivity index (χ4v) is 3.68. The molecule has 0 unspecified atom stereocenters. The Morgan fingerprint density at radius 2 is 1.81 bits per heavy atom. The van der Waals surface area contributed by atoms with Gasteiger partial charge in [-0.2, -0.15) is 5.10 Å². The van der Waals surface area contributed by atoms with E-state index in [1.807, 2.05) is 0 Å². The Morgan fingerprint density at radius 3 is 2.39 bits per heavy atom. The zero-order valence-electron chi connectivity index (χ0n) is 16.9. The van der Waals surface area contributed by atoms with Gasteiger partial charge >= 0.3 is 5.63 Å². The molecule has 166 valence electrons. The van der Waals surface area contributed by atoms with E-state index in [1.165, 1.54) is 0 Å². The molecule has 8 nitrogen and oxygen atoms in total. The van der Waals surface area contributed by atoms with Crippen LogP contribution < -0.4 is 21.7 Å². The number of hydrazone groups is 1. The summed E-state index contributed by atoms with van der Waals surface area (Å²) in [5.74, 6) is 0.200. The molecule has 10 heteroatoms. The van der Waals surface area contributed by atoms with Crippen LogP contribution >= 0.6 is 24.8 Å². The van der Waals surface area contributed by atoms with E-state index in [-0.39, 0.29) is 48.6 Å². The molecular weight excluding hydrogens is 443 g/mol. The number of rotatable bonds is 4. The number of amides is 2. The van der Waals surface area contributed by atoms with Crippen LogP contribution in [0.15, 0.2) is 44.6 Å². The van der Waals surface area contributed by atoms with Gasteiger partial charge < -0.3 is 15.1 Å². The summed E-state index contributed by atoms with van der Waals surface area (Å²) >= 11 is 0. The highest BCUT2D eigenvalue weighted by atomic mass is 35.5. The molecule has 1 fully saturated rings. The maximum Gasteiger partial charge on any atom is 0.349 e. The molecule has 1 aromatic carbocycles. The first-order valence-corrected chi connectivity index (χ1v) is 9.64. The van der Waals surface area contributed by atoms with Crippen LogP contribution in [0, 0.1) is 6.92 Å². The minimum atomic E-state index is -0.613. The van der Waals surface area contributed by atoms with E-state index in [2.05, 4.69) is 21.2 Å². The van der Waals surface area contributed by atoms with Gasteiger partial charge in [0.2, 0.25) is 5.91 Å². The van der Waals surface area contributed by atoms with Crippen molar-refractivity contribution in [2.24, 2.45) is 5.10 Å². The first-order chi connectivity index (χ1) is 14.0. The summed E-state index contributed by atoms with van der Waals surface area (Å²) in [5.41, 5.74) is 4.40. The van der Waals surface area contributed by atoms with Crippen LogP contribution in [0.4, 0.5) is 5.69 Å². The molecule has 1 saturated heterocycles. The van der Waals surface area contributed by atoms with E-state index < -0.39 is 11.5 Å². The molecular formula is C21H24Cl2N4O4. The van der Waals surface area contributed by atoms with Crippen molar-refractivity contribution in [3.05, 3.63) is 63.2 Å². The SMILES string of the molecule is Cc1cc(C2CCNCC2)oc(=O)c1C(=O)Nc1ccc(C2=NNC(=O)C2)cc1.Cl.Cl. The number of carbonyl (C=O) groups is 2. The Hall–Kier alpha value is -2.68. The topological polar surface area (TPSA) is 113 Å². The van der Waals surface area contributed by atoms with E-state index in [0.29, 0.717) is 22.7 Å². The quantitative estimate of drug-likeness (QED) is 0.640. The summed E-state index contributed by atoms with van der Waals surface area (Å²) in [4.78, 5) is 36.4. The van der Waals surface area contributed by atoms with Crippen molar-refractivity contribution < 1.29 is 14.0 Å². The molecule has 0 radical (unpaired) electrons. The number of piperidine rings is 1. The zero-order valence-corrected chi connectivity index (χ0v) is 18.5. The molecule has 0 atom stereocenters. The van der Waals surface area contributed by atoms with Gasteiger partial charge in [-0.05, 0) is 62.2 Å². The van der Waals surface area contributed by atoms with Crippen molar-refractivity contribution in [3.8, 4) is 0 Å². The fraction of sp³-hybridized carbons (Fsp3) is 0.333. The summed E-state index contributed by atoms with van der Waals surface area (Å²) in [6.45, 7) is 3.53. The van der Waals surface area contributed by atoms with Gasteiger partial charge in [0.15, 0.2) is 0 Å². The molecule has 0 aliphatic carbocycles. The minimum absolute atomic E-state index is 0. The molecule has 0 spiro atoms. The monoisotopic (exact) mass is 466 g/mol. The summed E-state index contributed by atoms with van der Waals surface area (Å²) < 4.78 is 5.49. The third-order valence-corrected chi connectivity index (χ3v) is 5.26. The molecule has 2 amide bonds. The molecule has 3 heterocycles. The van der Waals surface area contributed by atoms with Gasteiger partial charge in [0, 0.05) is 11.6 Å². The number of carbonyl (C=O) groups excluding carboxylic acids is 2. The Bertz CT molecular complexity index is 1040. The molecule has 4 rings (SSSR count). The van der Waals surface area contributed by atoms with E-state index in [0.717, 1.165) is 31.5 Å². The maximum atomic E-state index is 12.7. The van der Waals surface area contributed by atoms with Crippen LogP contribution in [0.1, 0.15) is 52.4 Å². The summed E-state index contributed by atoms with van der Waals surface area (Å²) in [7, 11) is 0. The molecule has 2 aromatic rings. The number of anilines is 1. The number of nitrogens with one attached hydrogen (secondary N) is 3. The Labute approximate surface area is 191 Å². The minimum Gasteiger partial charge on any atom is -0.427 e. The lowest BCUT2D eigenvalue weighted by molar-refractivity contribution is -0.119. The maximum absolute atomic E-state index is 12.7.